The van der Waals surface area contributed by atoms with Gasteiger partial charge in [-0.05, 0) is 57.9 Å². The Kier molecular flexibility index (Phi) is 6.94. The van der Waals surface area contributed by atoms with Gasteiger partial charge in [0.1, 0.15) is 5.58 Å². The molecule has 1 N–H and O–H groups in total. The molecular weight excluding hydrogens is 531 g/mol. The molecule has 1 heterocycles. The van der Waals surface area contributed by atoms with Crippen molar-refractivity contribution < 1.29 is 23.5 Å². The lowest BCUT2D eigenvalue weighted by Crippen LogP contribution is -2.16. The average molecular weight is 545 g/mol. The molecular formula is C19H13Br2ClN2O5. The van der Waals surface area contributed by atoms with Gasteiger partial charge in [-0.3, -0.25) is 4.79 Å². The predicted molar refractivity (Wildman–Crippen MR) is 116 cm³/mol. The molecule has 1 aromatic heterocycles. The minimum absolute atomic E-state index is 0.140. The summed E-state index contributed by atoms with van der Waals surface area (Å²) in [5.41, 5.74) is 3.59. The maximum atomic E-state index is 12.2. The summed E-state index contributed by atoms with van der Waals surface area (Å²) in [7, 11) is 1.26. The molecule has 0 saturated carbocycles. The van der Waals surface area contributed by atoms with E-state index < -0.39 is 11.9 Å². The van der Waals surface area contributed by atoms with Crippen LogP contribution in [0, 0.1) is 0 Å². The summed E-state index contributed by atoms with van der Waals surface area (Å²) in [6.45, 7) is -0.271. The van der Waals surface area contributed by atoms with Gasteiger partial charge in [-0.1, -0.05) is 27.5 Å². The van der Waals surface area contributed by atoms with Crippen LogP contribution in [-0.2, 0) is 9.53 Å². The van der Waals surface area contributed by atoms with Crippen LogP contribution >= 0.6 is 43.5 Å². The minimum Gasteiger partial charge on any atom is -0.479 e. The highest BCUT2D eigenvalue weighted by Crippen LogP contribution is 2.34. The molecule has 0 unspecified atom stereocenters. The van der Waals surface area contributed by atoms with Crippen LogP contribution in [0.3, 0.4) is 0 Å². The molecule has 0 aliphatic carbocycles. The number of amides is 1. The lowest BCUT2D eigenvalue weighted by atomic mass is 10.2. The number of fused-ring (bicyclic) bond motifs is 1. The number of carbonyl (C=O) groups is 2. The van der Waals surface area contributed by atoms with Crippen molar-refractivity contribution in [3.8, 4) is 5.75 Å². The highest BCUT2D eigenvalue weighted by atomic mass is 79.9. The number of ether oxygens (including phenoxy) is 2. The molecule has 0 bridgehead atoms. The van der Waals surface area contributed by atoms with E-state index in [4.69, 9.17) is 20.8 Å². The number of halogens is 3. The molecule has 10 heteroatoms. The number of methoxy groups -OCH3 is 1. The summed E-state index contributed by atoms with van der Waals surface area (Å²) in [5.74, 6) is -0.580. The first-order chi connectivity index (χ1) is 13.9. The largest absolute Gasteiger partial charge is 0.479 e. The van der Waals surface area contributed by atoms with Gasteiger partial charge in [0.15, 0.2) is 18.1 Å². The molecule has 1 amide bonds. The van der Waals surface area contributed by atoms with Crippen LogP contribution in [0.4, 0.5) is 0 Å². The van der Waals surface area contributed by atoms with Gasteiger partial charge in [-0.25, -0.2) is 10.2 Å². The number of hydrogen-bond acceptors (Lipinski definition) is 6. The van der Waals surface area contributed by atoms with Crippen molar-refractivity contribution in [1.29, 1.82) is 0 Å². The Balaban J connectivity index is 1.67. The summed E-state index contributed by atoms with van der Waals surface area (Å²) in [6.07, 6.45) is 1.41. The molecule has 0 atom stereocenters. The molecule has 150 valence electrons. The van der Waals surface area contributed by atoms with E-state index in [2.05, 4.69) is 47.1 Å². The zero-order valence-electron chi connectivity index (χ0n) is 14.9. The first kappa shape index (κ1) is 21.4. The quantitative estimate of drug-likeness (QED) is 0.270. The Morgan fingerprint density at radius 1 is 1.24 bits per heavy atom. The normalized spacial score (nSPS) is 11.0. The monoisotopic (exact) mass is 542 g/mol. The minimum atomic E-state index is -0.528. The van der Waals surface area contributed by atoms with Crippen LogP contribution in [0.1, 0.15) is 16.1 Å². The van der Waals surface area contributed by atoms with Crippen molar-refractivity contribution in [2.24, 2.45) is 5.10 Å². The second kappa shape index (κ2) is 9.43. The van der Waals surface area contributed by atoms with Crippen LogP contribution in [0.15, 0.2) is 54.9 Å². The van der Waals surface area contributed by atoms with Crippen LogP contribution < -0.4 is 10.2 Å². The molecule has 0 fully saturated rings. The fourth-order valence-corrected chi connectivity index (χ4v) is 3.70. The number of esters is 1. The van der Waals surface area contributed by atoms with Gasteiger partial charge in [-0.2, -0.15) is 5.10 Å². The van der Waals surface area contributed by atoms with Crippen LogP contribution in [0.25, 0.3) is 11.0 Å². The fourth-order valence-electron chi connectivity index (χ4n) is 2.33. The second-order valence-electron chi connectivity index (χ2n) is 5.67. The number of rotatable bonds is 6. The zero-order chi connectivity index (χ0) is 21.0. The Hall–Kier alpha value is -2.36. The van der Waals surface area contributed by atoms with Crippen molar-refractivity contribution in [3.63, 3.8) is 0 Å². The Morgan fingerprint density at radius 3 is 2.76 bits per heavy atom. The van der Waals surface area contributed by atoms with Crippen molar-refractivity contribution >= 4 is 72.5 Å². The van der Waals surface area contributed by atoms with Crippen LogP contribution in [0.5, 0.6) is 5.75 Å². The van der Waals surface area contributed by atoms with E-state index in [1.807, 2.05) is 12.1 Å². The molecule has 0 aliphatic rings. The van der Waals surface area contributed by atoms with E-state index in [9.17, 15) is 9.59 Å². The molecule has 2 aromatic carbocycles. The highest BCUT2D eigenvalue weighted by Gasteiger charge is 2.13. The third kappa shape index (κ3) is 5.37. The number of hydrazone groups is 1. The fraction of sp³-hybridized carbons (Fsp3) is 0.105. The highest BCUT2D eigenvalue weighted by molar-refractivity contribution is 9.10. The van der Waals surface area contributed by atoms with Crippen molar-refractivity contribution in [1.82, 2.24) is 5.43 Å². The Morgan fingerprint density at radius 2 is 2.03 bits per heavy atom. The lowest BCUT2D eigenvalue weighted by Gasteiger charge is -2.09. The third-order valence-electron chi connectivity index (χ3n) is 3.66. The number of carbonyl (C=O) groups excluding carboxylic acids is 2. The van der Waals surface area contributed by atoms with Gasteiger partial charge in [0.05, 0.1) is 22.8 Å². The number of nitrogens with one attached hydrogen (secondary N) is 1. The van der Waals surface area contributed by atoms with Gasteiger partial charge in [0.2, 0.25) is 0 Å². The van der Waals surface area contributed by atoms with Gasteiger partial charge in [0.25, 0.3) is 0 Å². The summed E-state index contributed by atoms with van der Waals surface area (Å²) in [5, 5.41) is 4.98. The number of hydrogen-bond donors (Lipinski definition) is 1. The molecule has 3 aromatic rings. The molecule has 3 rings (SSSR count). The van der Waals surface area contributed by atoms with E-state index in [0.29, 0.717) is 21.4 Å². The van der Waals surface area contributed by atoms with Crippen LogP contribution in [-0.4, -0.2) is 31.8 Å². The third-order valence-corrected chi connectivity index (χ3v) is 5.03. The van der Waals surface area contributed by atoms with E-state index >= 15 is 0 Å². The molecule has 0 saturated heterocycles. The smallest absolute Gasteiger partial charge is 0.343 e. The summed E-state index contributed by atoms with van der Waals surface area (Å²) in [6, 6.07) is 10.3. The SMILES string of the molecule is COC(=O)COc1c(Cl)cc(/C=N/NC(=O)c2cc3cc(Br)ccc3o2)cc1Br. The van der Waals surface area contributed by atoms with E-state index in [0.717, 1.165) is 9.86 Å². The van der Waals surface area contributed by atoms with Gasteiger partial charge in [0, 0.05) is 9.86 Å². The van der Waals surface area contributed by atoms with E-state index in [1.165, 1.54) is 13.3 Å². The number of furan rings is 1. The van der Waals surface area contributed by atoms with E-state index in [1.54, 1.807) is 24.3 Å². The molecule has 0 spiro atoms. The lowest BCUT2D eigenvalue weighted by molar-refractivity contribution is -0.142. The van der Waals surface area contributed by atoms with Crippen LogP contribution in [0.2, 0.25) is 5.02 Å². The maximum Gasteiger partial charge on any atom is 0.343 e. The maximum absolute atomic E-state index is 12.2. The molecule has 0 aliphatic heterocycles. The summed E-state index contributed by atoms with van der Waals surface area (Å²) in [4.78, 5) is 23.4. The molecule has 29 heavy (non-hydrogen) atoms. The predicted octanol–water partition coefficient (Wildman–Crippen LogP) is 4.93. The summed E-state index contributed by atoms with van der Waals surface area (Å²) < 4.78 is 16.8. The zero-order valence-corrected chi connectivity index (χ0v) is 18.8. The topological polar surface area (TPSA) is 90.1 Å². The summed E-state index contributed by atoms with van der Waals surface area (Å²) >= 11 is 12.9. The number of nitrogens with zero attached hydrogens (tertiary/aromatic N) is 1. The Bertz CT molecular complexity index is 1090. The Labute approximate surface area is 187 Å². The van der Waals surface area contributed by atoms with Gasteiger partial charge in [-0.15, -0.1) is 0 Å². The van der Waals surface area contributed by atoms with Crippen molar-refractivity contribution in [2.75, 3.05) is 13.7 Å². The molecule has 7 nitrogen and oxygen atoms in total. The van der Waals surface area contributed by atoms with Crippen molar-refractivity contribution in [3.05, 3.63) is 61.7 Å². The van der Waals surface area contributed by atoms with Crippen molar-refractivity contribution in [2.45, 2.75) is 0 Å². The standard InChI is InChI=1S/C19H13Br2ClN2O5/c1-27-17(25)9-28-18-13(21)4-10(5-14(18)22)8-23-24-19(26)16-7-11-6-12(20)2-3-15(11)29-16/h2-8H,9H2,1H3,(H,24,26)/b23-8+. The van der Waals surface area contributed by atoms with Gasteiger partial charge >= 0.3 is 11.9 Å². The van der Waals surface area contributed by atoms with E-state index in [-0.39, 0.29) is 17.4 Å². The second-order valence-corrected chi connectivity index (χ2v) is 7.85. The number of benzene rings is 2. The van der Waals surface area contributed by atoms with Gasteiger partial charge < -0.3 is 13.9 Å². The average Bonchev–Trinajstić information content (AvgIpc) is 3.10. The first-order valence-corrected chi connectivity index (χ1v) is 10.0. The molecule has 0 radical (unpaired) electrons. The first-order valence-electron chi connectivity index (χ1n) is 8.08.